The number of aromatic nitrogens is 1. The summed E-state index contributed by atoms with van der Waals surface area (Å²) in [5.41, 5.74) is 4.90. The number of hydrogen-bond acceptors (Lipinski definition) is 4. The van der Waals surface area contributed by atoms with Gasteiger partial charge in [0, 0.05) is 11.6 Å². The van der Waals surface area contributed by atoms with E-state index in [4.69, 9.17) is 10.5 Å². The van der Waals surface area contributed by atoms with Gasteiger partial charge in [0.2, 0.25) is 11.8 Å². The highest BCUT2D eigenvalue weighted by atomic mass is 19.2. The molecule has 0 unspecified atom stereocenters. The Hall–Kier alpha value is -3.10. The van der Waals surface area contributed by atoms with E-state index in [9.17, 15) is 22.8 Å². The summed E-state index contributed by atoms with van der Waals surface area (Å²) >= 11 is 0. The Morgan fingerprint density at radius 3 is 2.46 bits per heavy atom. The Kier molecular flexibility index (Phi) is 5.02. The van der Waals surface area contributed by atoms with Gasteiger partial charge in [0.05, 0.1) is 25.4 Å². The van der Waals surface area contributed by atoms with E-state index in [1.54, 1.807) is 0 Å². The third-order valence-corrected chi connectivity index (χ3v) is 3.03. The van der Waals surface area contributed by atoms with Gasteiger partial charge >= 0.3 is 0 Å². The number of carbonyl (C=O) groups excluding carboxylic acids is 2. The number of nitrogens with zero attached hydrogens (tertiary/aromatic N) is 1. The molecule has 1 aromatic heterocycles. The second kappa shape index (κ2) is 6.99. The highest BCUT2D eigenvalue weighted by molar-refractivity contribution is 5.98. The highest BCUT2D eigenvalue weighted by Crippen LogP contribution is 2.19. The summed E-state index contributed by atoms with van der Waals surface area (Å²) in [7, 11) is 1.29. The smallest absolute Gasteiger partial charge is 0.254 e. The minimum Gasteiger partial charge on any atom is -0.480 e. The van der Waals surface area contributed by atoms with Gasteiger partial charge in [-0.25, -0.2) is 18.2 Å². The number of methoxy groups -OCH3 is 1. The van der Waals surface area contributed by atoms with Crippen LogP contribution in [0.3, 0.4) is 0 Å². The molecule has 0 aliphatic carbocycles. The van der Waals surface area contributed by atoms with Crippen molar-refractivity contribution in [2.24, 2.45) is 5.73 Å². The van der Waals surface area contributed by atoms with Crippen molar-refractivity contribution >= 4 is 17.5 Å². The minimum atomic E-state index is -1.35. The SMILES string of the molecule is COc1ncc(NC(=O)Cc2cc(F)c(F)cc2F)cc1C(N)=O. The quantitative estimate of drug-likeness (QED) is 0.812. The van der Waals surface area contributed by atoms with Crippen LogP contribution in [-0.4, -0.2) is 23.9 Å². The van der Waals surface area contributed by atoms with Gasteiger partial charge in [-0.05, 0) is 12.1 Å². The summed E-state index contributed by atoms with van der Waals surface area (Å²) in [6.45, 7) is 0. The van der Waals surface area contributed by atoms with Gasteiger partial charge in [0.15, 0.2) is 11.6 Å². The maximum Gasteiger partial charge on any atom is 0.254 e. The van der Waals surface area contributed by atoms with E-state index in [-0.39, 0.29) is 22.7 Å². The molecule has 0 saturated heterocycles. The zero-order chi connectivity index (χ0) is 17.9. The average Bonchev–Trinajstić information content (AvgIpc) is 2.52. The molecule has 0 saturated carbocycles. The molecule has 24 heavy (non-hydrogen) atoms. The highest BCUT2D eigenvalue weighted by Gasteiger charge is 2.15. The van der Waals surface area contributed by atoms with E-state index >= 15 is 0 Å². The number of anilines is 1. The van der Waals surface area contributed by atoms with E-state index in [1.807, 2.05) is 0 Å². The second-order valence-electron chi connectivity index (χ2n) is 4.73. The molecule has 1 aromatic carbocycles. The van der Waals surface area contributed by atoms with E-state index < -0.39 is 35.7 Å². The van der Waals surface area contributed by atoms with Gasteiger partial charge in [-0.2, -0.15) is 0 Å². The normalized spacial score (nSPS) is 10.3. The third kappa shape index (κ3) is 3.80. The number of pyridine rings is 1. The predicted molar refractivity (Wildman–Crippen MR) is 78.0 cm³/mol. The number of carbonyl (C=O) groups is 2. The van der Waals surface area contributed by atoms with Crippen LogP contribution in [0.15, 0.2) is 24.4 Å². The van der Waals surface area contributed by atoms with Crippen LogP contribution >= 0.6 is 0 Å². The van der Waals surface area contributed by atoms with Crippen molar-refractivity contribution in [3.8, 4) is 5.88 Å². The first-order valence-corrected chi connectivity index (χ1v) is 6.59. The molecule has 1 heterocycles. The third-order valence-electron chi connectivity index (χ3n) is 3.03. The van der Waals surface area contributed by atoms with Crippen LogP contribution in [0.1, 0.15) is 15.9 Å². The van der Waals surface area contributed by atoms with Crippen molar-refractivity contribution in [1.82, 2.24) is 4.98 Å². The maximum atomic E-state index is 13.5. The van der Waals surface area contributed by atoms with Crippen molar-refractivity contribution < 1.29 is 27.5 Å². The standard InChI is InChI=1S/C15H12F3N3O3/c1-24-15-9(14(19)23)4-8(6-20-15)21-13(22)3-7-2-11(17)12(18)5-10(7)16/h2,4-6H,3H2,1H3,(H2,19,23)(H,21,22). The number of nitrogens with two attached hydrogens (primary N) is 1. The molecule has 6 nitrogen and oxygen atoms in total. The maximum absolute atomic E-state index is 13.5. The molecule has 2 rings (SSSR count). The number of halogens is 3. The fraction of sp³-hybridized carbons (Fsp3) is 0.133. The first-order valence-electron chi connectivity index (χ1n) is 6.59. The first-order chi connectivity index (χ1) is 11.3. The molecule has 2 aromatic rings. The number of rotatable bonds is 5. The molecule has 2 amide bonds. The van der Waals surface area contributed by atoms with Crippen molar-refractivity contribution in [3.63, 3.8) is 0 Å². The van der Waals surface area contributed by atoms with Crippen molar-refractivity contribution in [1.29, 1.82) is 0 Å². The molecule has 126 valence electrons. The molecule has 0 fully saturated rings. The molecule has 0 aliphatic heterocycles. The van der Waals surface area contributed by atoms with Crippen LogP contribution in [0.5, 0.6) is 5.88 Å². The lowest BCUT2D eigenvalue weighted by Crippen LogP contribution is -2.18. The van der Waals surface area contributed by atoms with Gasteiger partial charge < -0.3 is 15.8 Å². The molecular formula is C15H12F3N3O3. The number of primary amides is 1. The Bertz CT molecular complexity index is 812. The Morgan fingerprint density at radius 1 is 1.17 bits per heavy atom. The van der Waals surface area contributed by atoms with E-state index in [1.165, 1.54) is 19.4 Å². The second-order valence-corrected chi connectivity index (χ2v) is 4.73. The molecule has 0 bridgehead atoms. The van der Waals surface area contributed by atoms with Gasteiger partial charge in [-0.15, -0.1) is 0 Å². The average molecular weight is 339 g/mol. The molecule has 0 atom stereocenters. The van der Waals surface area contributed by atoms with Gasteiger partial charge in [-0.3, -0.25) is 9.59 Å². The van der Waals surface area contributed by atoms with Crippen LogP contribution in [0.2, 0.25) is 0 Å². The molecule has 9 heteroatoms. The molecular weight excluding hydrogens is 327 g/mol. The number of benzene rings is 1. The topological polar surface area (TPSA) is 94.3 Å². The van der Waals surface area contributed by atoms with Crippen molar-refractivity contribution in [2.45, 2.75) is 6.42 Å². The van der Waals surface area contributed by atoms with Crippen molar-refractivity contribution in [2.75, 3.05) is 12.4 Å². The first kappa shape index (κ1) is 17.3. The number of ether oxygens (including phenoxy) is 1. The van der Waals surface area contributed by atoms with Crippen LogP contribution in [0.25, 0.3) is 0 Å². The molecule has 0 radical (unpaired) electrons. The summed E-state index contributed by atoms with van der Waals surface area (Å²) in [5.74, 6) is -5.21. The summed E-state index contributed by atoms with van der Waals surface area (Å²) in [6.07, 6.45) is 0.658. The fourth-order valence-electron chi connectivity index (χ4n) is 1.94. The number of amides is 2. The molecule has 3 N–H and O–H groups in total. The molecule has 0 spiro atoms. The Morgan fingerprint density at radius 2 is 1.83 bits per heavy atom. The lowest BCUT2D eigenvalue weighted by molar-refractivity contribution is -0.115. The van der Waals surface area contributed by atoms with Gasteiger partial charge in [0.25, 0.3) is 5.91 Å². The Labute approximate surface area is 134 Å². The largest absolute Gasteiger partial charge is 0.480 e. The zero-order valence-electron chi connectivity index (χ0n) is 12.4. The monoisotopic (exact) mass is 339 g/mol. The van der Waals surface area contributed by atoms with Crippen LogP contribution in [0.4, 0.5) is 18.9 Å². The zero-order valence-corrected chi connectivity index (χ0v) is 12.4. The summed E-state index contributed by atoms with van der Waals surface area (Å²) in [4.78, 5) is 27.0. The van der Waals surface area contributed by atoms with E-state index in [0.717, 1.165) is 0 Å². The van der Waals surface area contributed by atoms with Crippen LogP contribution < -0.4 is 15.8 Å². The minimum absolute atomic E-state index is 0.0212. The number of hydrogen-bond donors (Lipinski definition) is 2. The summed E-state index contributed by atoms with van der Waals surface area (Å²) in [6, 6.07) is 2.19. The Balaban J connectivity index is 2.17. The summed E-state index contributed by atoms with van der Waals surface area (Å²) < 4.78 is 44.3. The lowest BCUT2D eigenvalue weighted by Gasteiger charge is -2.09. The van der Waals surface area contributed by atoms with Crippen LogP contribution in [-0.2, 0) is 11.2 Å². The predicted octanol–water partition coefficient (Wildman–Crippen LogP) is 1.79. The number of nitrogens with one attached hydrogen (secondary N) is 1. The van der Waals surface area contributed by atoms with Crippen LogP contribution in [0, 0.1) is 17.5 Å². The van der Waals surface area contributed by atoms with Gasteiger partial charge in [0.1, 0.15) is 11.4 Å². The van der Waals surface area contributed by atoms with E-state index in [2.05, 4.69) is 10.3 Å². The summed E-state index contributed by atoms with van der Waals surface area (Å²) in [5, 5.41) is 2.35. The molecule has 0 aliphatic rings. The van der Waals surface area contributed by atoms with Gasteiger partial charge in [-0.1, -0.05) is 0 Å². The van der Waals surface area contributed by atoms with E-state index in [0.29, 0.717) is 12.1 Å². The van der Waals surface area contributed by atoms with Crippen molar-refractivity contribution in [3.05, 3.63) is 53.0 Å². The lowest BCUT2D eigenvalue weighted by atomic mass is 10.1. The fourth-order valence-corrected chi connectivity index (χ4v) is 1.94.